The van der Waals surface area contributed by atoms with Crippen molar-refractivity contribution >= 4 is 69.8 Å². The fraction of sp³-hybridized carbons (Fsp3) is 0.214. The van der Waals surface area contributed by atoms with Gasteiger partial charge in [-0.25, -0.2) is 9.78 Å². The summed E-state index contributed by atoms with van der Waals surface area (Å²) >= 11 is 8.46. The van der Waals surface area contributed by atoms with E-state index in [4.69, 9.17) is 11.6 Å². The molecule has 5 N–H and O–H groups in total. The third-order valence-corrected chi connectivity index (χ3v) is 9.94. The van der Waals surface area contributed by atoms with Crippen LogP contribution in [0.3, 0.4) is 0 Å². The number of nitrogens with one attached hydrogen (secondary N) is 3. The van der Waals surface area contributed by atoms with Crippen LogP contribution in [0.5, 0.6) is 5.88 Å². The quantitative estimate of drug-likeness (QED) is 0.125. The number of para-hydroxylation sites is 2. The van der Waals surface area contributed by atoms with Crippen molar-refractivity contribution in [3.8, 4) is 5.88 Å². The minimum Gasteiger partial charge on any atom is -0.488 e. The molecule has 3 atom stereocenters. The topological polar surface area (TPSA) is 212 Å². The number of thioether (sulfide) groups is 2. The Labute approximate surface area is 272 Å². The highest BCUT2D eigenvalue weighted by Gasteiger charge is 2.54. The fourth-order valence-electron chi connectivity index (χ4n) is 4.99. The molecular formula is C28H23ClN8O7S2. The maximum absolute atomic E-state index is 13.7. The lowest BCUT2D eigenvalue weighted by Gasteiger charge is -2.49. The van der Waals surface area contributed by atoms with Crippen LogP contribution in [0.2, 0.25) is 5.02 Å². The van der Waals surface area contributed by atoms with Crippen LogP contribution in [0.1, 0.15) is 22.2 Å². The number of aromatic hydroxyl groups is 1. The highest BCUT2D eigenvalue weighted by atomic mass is 35.5. The van der Waals surface area contributed by atoms with Crippen molar-refractivity contribution < 1.29 is 29.4 Å². The summed E-state index contributed by atoms with van der Waals surface area (Å²) in [6, 6.07) is 11.0. The Bertz CT molecular complexity index is 1980. The van der Waals surface area contributed by atoms with Gasteiger partial charge in [-0.2, -0.15) is 0 Å². The molecule has 2 aliphatic rings. The lowest BCUT2D eigenvalue weighted by atomic mass is 10.0. The molecule has 0 radical (unpaired) electrons. The van der Waals surface area contributed by atoms with Crippen LogP contribution in [0, 0.1) is 0 Å². The molecule has 2 aliphatic heterocycles. The Morgan fingerprint density at radius 3 is 2.70 bits per heavy atom. The normalized spacial score (nSPS) is 18.1. The second kappa shape index (κ2) is 12.5. The number of amides is 3. The van der Waals surface area contributed by atoms with Crippen LogP contribution in [-0.4, -0.2) is 86.5 Å². The van der Waals surface area contributed by atoms with E-state index in [0.717, 1.165) is 21.2 Å². The first kappa shape index (κ1) is 31.1. The van der Waals surface area contributed by atoms with E-state index in [9.17, 15) is 34.2 Å². The highest BCUT2D eigenvalue weighted by molar-refractivity contribution is 8.01. The van der Waals surface area contributed by atoms with Gasteiger partial charge in [0.25, 0.3) is 17.7 Å². The largest absolute Gasteiger partial charge is 0.488 e. The molecule has 2 aromatic carbocycles. The molecule has 1 saturated heterocycles. The van der Waals surface area contributed by atoms with Gasteiger partial charge in [0, 0.05) is 23.6 Å². The van der Waals surface area contributed by atoms with Gasteiger partial charge < -0.3 is 25.8 Å². The standard InChI is InChI=1S/C28H23ClN8O7S2/c1-36-25(42)23(40)34-35-28(36)46-11-13-10-45-26-18(24(41)37(26)19(13)27(43)44)33-21(38)17(12-5-4-6-14(29)9-12)32-22(39)20-30-15-7-2-3-8-16(15)31-20/h2-9,17-18,26H,10-11H2,1H3,(H,30,31)(H,32,39)(H,33,38)(H,34,40)(H,43,44)/t17?,18?,26-/m0/s1. The summed E-state index contributed by atoms with van der Waals surface area (Å²) in [4.78, 5) is 72.8. The Kier molecular flexibility index (Phi) is 8.45. The van der Waals surface area contributed by atoms with Crippen LogP contribution in [0.25, 0.3) is 11.0 Å². The summed E-state index contributed by atoms with van der Waals surface area (Å²) in [5.41, 5.74) is 0.954. The molecule has 2 aromatic heterocycles. The van der Waals surface area contributed by atoms with E-state index in [-0.39, 0.29) is 28.2 Å². The first-order chi connectivity index (χ1) is 22.0. The van der Waals surface area contributed by atoms with E-state index in [1.807, 2.05) is 0 Å². The van der Waals surface area contributed by atoms with E-state index in [1.165, 1.54) is 24.9 Å². The number of nitrogens with zero attached hydrogens (tertiary/aromatic N) is 5. The number of aromatic nitrogens is 5. The maximum Gasteiger partial charge on any atom is 0.352 e. The predicted molar refractivity (Wildman–Crippen MR) is 167 cm³/mol. The second-order valence-corrected chi connectivity index (χ2v) is 12.7. The number of H-pyrrole nitrogens is 1. The molecule has 0 saturated carbocycles. The van der Waals surface area contributed by atoms with E-state index >= 15 is 0 Å². The third kappa shape index (κ3) is 5.79. The number of halogens is 1. The van der Waals surface area contributed by atoms with Crippen molar-refractivity contribution in [3.05, 3.63) is 86.6 Å². The Morgan fingerprint density at radius 2 is 1.96 bits per heavy atom. The minimum atomic E-state index is -1.33. The number of carbonyl (C=O) groups is 4. The Hall–Kier alpha value is -4.87. The van der Waals surface area contributed by atoms with Crippen LogP contribution >= 0.6 is 35.1 Å². The number of carboxylic acids is 1. The first-order valence-electron chi connectivity index (χ1n) is 13.5. The molecule has 18 heteroatoms. The molecular weight excluding hydrogens is 660 g/mol. The summed E-state index contributed by atoms with van der Waals surface area (Å²) in [5.74, 6) is -3.86. The SMILES string of the molecule is Cn1c(SCC2=C(C(=O)O)N3C(=O)C(NC(=O)C(NC(=O)c4nc5ccccc5[nH]4)c4cccc(Cl)c4)[C@@H]3SC2)nnc(O)c1=O. The smallest absolute Gasteiger partial charge is 0.352 e. The van der Waals surface area contributed by atoms with Gasteiger partial charge in [0.05, 0.1) is 11.0 Å². The fourth-order valence-corrected chi connectivity index (χ4v) is 7.58. The highest BCUT2D eigenvalue weighted by Crippen LogP contribution is 2.41. The lowest BCUT2D eigenvalue weighted by molar-refractivity contribution is -0.151. The van der Waals surface area contributed by atoms with Gasteiger partial charge in [-0.05, 0) is 35.4 Å². The number of β-lactam (4-membered cyclic amide) rings is 1. The molecule has 0 bridgehead atoms. The molecule has 236 valence electrons. The van der Waals surface area contributed by atoms with Crippen LogP contribution < -0.4 is 16.2 Å². The zero-order chi connectivity index (χ0) is 32.7. The van der Waals surface area contributed by atoms with Crippen molar-refractivity contribution in [2.24, 2.45) is 7.05 Å². The van der Waals surface area contributed by atoms with E-state index in [1.54, 1.807) is 42.5 Å². The van der Waals surface area contributed by atoms with Crippen molar-refractivity contribution in [1.82, 2.24) is 40.3 Å². The monoisotopic (exact) mass is 682 g/mol. The van der Waals surface area contributed by atoms with Gasteiger partial charge in [0.2, 0.25) is 5.91 Å². The first-order valence-corrected chi connectivity index (χ1v) is 15.9. The van der Waals surface area contributed by atoms with Gasteiger partial charge in [0.1, 0.15) is 23.2 Å². The van der Waals surface area contributed by atoms with Gasteiger partial charge in [-0.15, -0.1) is 22.0 Å². The van der Waals surface area contributed by atoms with Gasteiger partial charge in [0.15, 0.2) is 11.0 Å². The van der Waals surface area contributed by atoms with Crippen molar-refractivity contribution in [3.63, 3.8) is 0 Å². The molecule has 46 heavy (non-hydrogen) atoms. The number of aliphatic carboxylic acids is 1. The number of carboxylic acid groups (broad SMARTS) is 1. The summed E-state index contributed by atoms with van der Waals surface area (Å²) in [7, 11) is 1.39. The zero-order valence-electron chi connectivity index (χ0n) is 23.6. The van der Waals surface area contributed by atoms with Gasteiger partial charge in [-0.1, -0.05) is 47.6 Å². The van der Waals surface area contributed by atoms with E-state index < -0.39 is 52.6 Å². The minimum absolute atomic E-state index is 0.0187. The number of carbonyl (C=O) groups excluding carboxylic acids is 3. The number of imidazole rings is 1. The molecule has 15 nitrogen and oxygen atoms in total. The van der Waals surface area contributed by atoms with Gasteiger partial charge >= 0.3 is 11.5 Å². The number of fused-ring (bicyclic) bond motifs is 2. The molecule has 0 aliphatic carbocycles. The maximum atomic E-state index is 13.7. The molecule has 2 unspecified atom stereocenters. The van der Waals surface area contributed by atoms with Crippen LogP contribution in [0.15, 0.2) is 69.8 Å². The van der Waals surface area contributed by atoms with Crippen LogP contribution in [0.4, 0.5) is 0 Å². The lowest BCUT2D eigenvalue weighted by Crippen LogP contribution is -2.71. The van der Waals surface area contributed by atoms with Crippen molar-refractivity contribution in [2.45, 2.75) is 22.6 Å². The van der Waals surface area contributed by atoms with Gasteiger partial charge in [-0.3, -0.25) is 28.6 Å². The second-order valence-electron chi connectivity index (χ2n) is 10.2. The molecule has 4 aromatic rings. The number of benzene rings is 2. The van der Waals surface area contributed by atoms with Crippen molar-refractivity contribution in [2.75, 3.05) is 11.5 Å². The number of rotatable bonds is 9. The number of hydrogen-bond acceptors (Lipinski definition) is 11. The summed E-state index contributed by atoms with van der Waals surface area (Å²) in [5, 5.41) is 31.8. The Morgan fingerprint density at radius 1 is 1.17 bits per heavy atom. The van der Waals surface area contributed by atoms with Crippen molar-refractivity contribution in [1.29, 1.82) is 0 Å². The molecule has 6 rings (SSSR count). The Balaban J connectivity index is 1.20. The average Bonchev–Trinajstić information content (AvgIpc) is 3.48. The summed E-state index contributed by atoms with van der Waals surface area (Å²) in [6.07, 6.45) is 0. The zero-order valence-corrected chi connectivity index (χ0v) is 26.0. The number of aromatic amines is 1. The summed E-state index contributed by atoms with van der Waals surface area (Å²) in [6.45, 7) is 0. The van der Waals surface area contributed by atoms with E-state index in [2.05, 4.69) is 30.8 Å². The third-order valence-electron chi connectivity index (χ3n) is 7.26. The molecule has 3 amide bonds. The molecule has 0 spiro atoms. The number of hydrogen-bond donors (Lipinski definition) is 5. The average molecular weight is 683 g/mol. The predicted octanol–water partition coefficient (Wildman–Crippen LogP) is 1.41. The molecule has 1 fully saturated rings. The molecule has 4 heterocycles. The van der Waals surface area contributed by atoms with Crippen LogP contribution in [-0.2, 0) is 21.4 Å². The summed E-state index contributed by atoms with van der Waals surface area (Å²) < 4.78 is 1.08. The van der Waals surface area contributed by atoms with E-state index in [0.29, 0.717) is 27.2 Å².